The van der Waals surface area contributed by atoms with Crippen molar-refractivity contribution in [1.29, 1.82) is 0 Å². The van der Waals surface area contributed by atoms with Crippen LogP contribution in [0.4, 0.5) is 5.69 Å². The third-order valence-electron chi connectivity index (χ3n) is 4.63. The number of aryl methyl sites for hydroxylation is 1. The van der Waals surface area contributed by atoms with Crippen LogP contribution in [0.15, 0.2) is 75.9 Å². The number of ketones is 1. The van der Waals surface area contributed by atoms with Crippen molar-refractivity contribution >= 4 is 28.7 Å². The van der Waals surface area contributed by atoms with E-state index in [4.69, 9.17) is 4.42 Å². The van der Waals surface area contributed by atoms with Gasteiger partial charge in [0.05, 0.1) is 11.8 Å². The summed E-state index contributed by atoms with van der Waals surface area (Å²) in [5.74, 6) is -1.52. The Hall–Kier alpha value is -3.12. The summed E-state index contributed by atoms with van der Waals surface area (Å²) >= 11 is 1.43. The van der Waals surface area contributed by atoms with E-state index in [9.17, 15) is 14.7 Å². The molecule has 1 atom stereocenters. The molecule has 27 heavy (non-hydrogen) atoms. The second-order valence-corrected chi connectivity index (χ2v) is 7.16. The van der Waals surface area contributed by atoms with Crippen molar-refractivity contribution in [3.63, 3.8) is 0 Å². The topological polar surface area (TPSA) is 70.8 Å². The average Bonchev–Trinajstić information content (AvgIpc) is 3.44. The Labute approximate surface area is 160 Å². The molecule has 1 N–H and O–H groups in total. The number of Topliss-reactive ketones (excluding diaryl/α,β-unsaturated/α-hetero) is 1. The van der Waals surface area contributed by atoms with Crippen LogP contribution in [0, 0.1) is 0 Å². The van der Waals surface area contributed by atoms with Crippen molar-refractivity contribution in [2.45, 2.75) is 19.4 Å². The number of carbonyl (C=O) groups excluding carboxylic acids is 2. The van der Waals surface area contributed by atoms with Crippen LogP contribution in [0.1, 0.15) is 34.0 Å². The molecule has 3 heterocycles. The maximum atomic E-state index is 13.0. The first-order valence-corrected chi connectivity index (χ1v) is 9.47. The number of thiophene rings is 1. The Morgan fingerprint density at radius 1 is 1.19 bits per heavy atom. The van der Waals surface area contributed by atoms with Crippen molar-refractivity contribution in [3.8, 4) is 0 Å². The predicted octanol–water partition coefficient (Wildman–Crippen LogP) is 4.69. The first-order valence-electron chi connectivity index (χ1n) is 8.59. The molecule has 0 saturated carbocycles. The number of hydrogen-bond acceptors (Lipinski definition) is 5. The second-order valence-electron chi connectivity index (χ2n) is 6.18. The molecule has 0 aliphatic carbocycles. The zero-order chi connectivity index (χ0) is 19.0. The Bertz CT molecular complexity index is 1000. The van der Waals surface area contributed by atoms with E-state index in [-0.39, 0.29) is 11.3 Å². The molecule has 1 aliphatic heterocycles. The molecule has 0 fully saturated rings. The molecule has 6 heteroatoms. The first-order chi connectivity index (χ1) is 13.1. The zero-order valence-electron chi connectivity index (χ0n) is 14.6. The summed E-state index contributed by atoms with van der Waals surface area (Å²) in [6, 6.07) is 13.7. The normalized spacial score (nSPS) is 17.0. The van der Waals surface area contributed by atoms with Gasteiger partial charge in [0.2, 0.25) is 5.78 Å². The van der Waals surface area contributed by atoms with Crippen LogP contribution in [0.2, 0.25) is 0 Å². The van der Waals surface area contributed by atoms with E-state index in [1.54, 1.807) is 6.07 Å². The first kappa shape index (κ1) is 17.3. The van der Waals surface area contributed by atoms with E-state index in [2.05, 4.69) is 6.92 Å². The minimum atomic E-state index is -0.692. The summed E-state index contributed by atoms with van der Waals surface area (Å²) in [4.78, 5) is 28.1. The number of aliphatic hydroxyl groups is 1. The minimum Gasteiger partial charge on any atom is -0.503 e. The van der Waals surface area contributed by atoms with E-state index < -0.39 is 23.5 Å². The maximum Gasteiger partial charge on any atom is 0.294 e. The molecule has 1 amide bonds. The molecule has 3 aromatic rings. The highest BCUT2D eigenvalue weighted by atomic mass is 32.1. The molecule has 0 bridgehead atoms. The van der Waals surface area contributed by atoms with Crippen molar-refractivity contribution in [2.75, 3.05) is 4.90 Å². The van der Waals surface area contributed by atoms with E-state index in [0.29, 0.717) is 5.69 Å². The lowest BCUT2D eigenvalue weighted by Gasteiger charge is -2.25. The molecule has 1 aliphatic rings. The van der Waals surface area contributed by atoms with Gasteiger partial charge in [-0.25, -0.2) is 0 Å². The van der Waals surface area contributed by atoms with Crippen molar-refractivity contribution in [1.82, 2.24) is 0 Å². The number of nitrogens with zero attached hydrogens (tertiary/aromatic N) is 1. The van der Waals surface area contributed by atoms with Crippen LogP contribution in [0.3, 0.4) is 0 Å². The fourth-order valence-electron chi connectivity index (χ4n) is 3.25. The number of hydrogen-bond donors (Lipinski definition) is 1. The molecule has 0 spiro atoms. The number of amides is 1. The SMILES string of the molecule is CCc1ccc(N2C(=O)C(O)=C(C(=O)c3ccco3)C2c2cccs2)cc1. The Kier molecular flexibility index (Phi) is 4.41. The fraction of sp³-hybridized carbons (Fsp3) is 0.143. The minimum absolute atomic E-state index is 0.0389. The third-order valence-corrected chi connectivity index (χ3v) is 5.56. The van der Waals surface area contributed by atoms with Crippen LogP contribution >= 0.6 is 11.3 Å². The standard InChI is InChI=1S/C21H17NO4S/c1-2-13-7-9-14(10-8-13)22-18(16-6-4-12-27-16)17(20(24)21(22)25)19(23)15-5-3-11-26-15/h3-12,18,24H,2H2,1H3. The predicted molar refractivity (Wildman–Crippen MR) is 103 cm³/mol. The largest absolute Gasteiger partial charge is 0.503 e. The van der Waals surface area contributed by atoms with Gasteiger partial charge in [-0.15, -0.1) is 11.3 Å². The molecular formula is C21H17NO4S. The summed E-state index contributed by atoms with van der Waals surface area (Å²) in [6.07, 6.45) is 2.28. The van der Waals surface area contributed by atoms with Gasteiger partial charge in [-0.3, -0.25) is 14.5 Å². The Morgan fingerprint density at radius 2 is 1.96 bits per heavy atom. The van der Waals surface area contributed by atoms with Gasteiger partial charge in [-0.1, -0.05) is 25.1 Å². The lowest BCUT2D eigenvalue weighted by molar-refractivity contribution is -0.117. The highest BCUT2D eigenvalue weighted by Gasteiger charge is 2.45. The number of rotatable bonds is 5. The lowest BCUT2D eigenvalue weighted by Crippen LogP contribution is -2.30. The summed E-state index contributed by atoms with van der Waals surface area (Å²) in [6.45, 7) is 2.05. The number of aliphatic hydroxyl groups excluding tert-OH is 1. The van der Waals surface area contributed by atoms with E-state index in [1.807, 2.05) is 41.8 Å². The highest BCUT2D eigenvalue weighted by Crippen LogP contribution is 2.43. The van der Waals surface area contributed by atoms with Crippen molar-refractivity contribution in [3.05, 3.63) is 87.7 Å². The molecule has 2 aromatic heterocycles. The van der Waals surface area contributed by atoms with Gasteiger partial charge < -0.3 is 9.52 Å². The van der Waals surface area contributed by atoms with Gasteiger partial charge in [0.15, 0.2) is 11.5 Å². The summed E-state index contributed by atoms with van der Waals surface area (Å²) in [7, 11) is 0. The number of carbonyl (C=O) groups is 2. The van der Waals surface area contributed by atoms with Gasteiger partial charge in [-0.05, 0) is 47.7 Å². The lowest BCUT2D eigenvalue weighted by atomic mass is 10.00. The van der Waals surface area contributed by atoms with Crippen LogP contribution in [-0.4, -0.2) is 16.8 Å². The molecule has 4 rings (SSSR count). The summed E-state index contributed by atoms with van der Waals surface area (Å²) < 4.78 is 5.21. The monoisotopic (exact) mass is 379 g/mol. The van der Waals surface area contributed by atoms with Crippen molar-refractivity contribution < 1.29 is 19.1 Å². The van der Waals surface area contributed by atoms with Gasteiger partial charge in [0.25, 0.3) is 5.91 Å². The Balaban J connectivity index is 1.83. The van der Waals surface area contributed by atoms with Gasteiger partial charge in [0, 0.05) is 10.6 Å². The van der Waals surface area contributed by atoms with Crippen LogP contribution < -0.4 is 4.90 Å². The van der Waals surface area contributed by atoms with Gasteiger partial charge >= 0.3 is 0 Å². The molecule has 0 radical (unpaired) electrons. The molecule has 0 saturated heterocycles. The zero-order valence-corrected chi connectivity index (χ0v) is 15.4. The van der Waals surface area contributed by atoms with Crippen LogP contribution in [0.25, 0.3) is 0 Å². The maximum absolute atomic E-state index is 13.0. The van der Waals surface area contributed by atoms with Crippen LogP contribution in [-0.2, 0) is 11.2 Å². The molecule has 1 unspecified atom stereocenters. The van der Waals surface area contributed by atoms with Gasteiger partial charge in [0.1, 0.15) is 6.04 Å². The number of furan rings is 1. The summed E-state index contributed by atoms with van der Waals surface area (Å²) in [5.41, 5.74) is 1.81. The summed E-state index contributed by atoms with van der Waals surface area (Å²) in [5, 5.41) is 12.4. The number of anilines is 1. The van der Waals surface area contributed by atoms with Gasteiger partial charge in [-0.2, -0.15) is 0 Å². The number of benzene rings is 1. The molecule has 1 aromatic carbocycles. The fourth-order valence-corrected chi connectivity index (χ4v) is 4.08. The molecule has 5 nitrogen and oxygen atoms in total. The third kappa shape index (κ3) is 2.88. The quantitative estimate of drug-likeness (QED) is 0.653. The Morgan fingerprint density at radius 3 is 2.56 bits per heavy atom. The smallest absolute Gasteiger partial charge is 0.294 e. The molecule has 136 valence electrons. The average molecular weight is 379 g/mol. The second kappa shape index (κ2) is 6.89. The molecular weight excluding hydrogens is 362 g/mol. The van der Waals surface area contributed by atoms with Crippen molar-refractivity contribution in [2.24, 2.45) is 0 Å². The highest BCUT2D eigenvalue weighted by molar-refractivity contribution is 7.10. The van der Waals surface area contributed by atoms with E-state index >= 15 is 0 Å². The van der Waals surface area contributed by atoms with Crippen LogP contribution in [0.5, 0.6) is 0 Å². The van der Waals surface area contributed by atoms with E-state index in [1.165, 1.54) is 28.6 Å². The van der Waals surface area contributed by atoms with E-state index in [0.717, 1.165) is 16.9 Å².